The van der Waals surface area contributed by atoms with Crippen LogP contribution in [0.25, 0.3) is 0 Å². The van der Waals surface area contributed by atoms with Crippen molar-refractivity contribution in [3.63, 3.8) is 0 Å². The molecular formula is C44H74. The van der Waals surface area contributed by atoms with Crippen molar-refractivity contribution in [2.24, 2.45) is 0 Å². The number of benzene rings is 3. The fourth-order valence-electron chi connectivity index (χ4n) is 4.71. The Balaban J connectivity index is 0. The molecule has 0 radical (unpaired) electrons. The third-order valence-corrected chi connectivity index (χ3v) is 7.75. The number of hydrogen-bond acceptors (Lipinski definition) is 0. The second kappa shape index (κ2) is 15.8. The van der Waals surface area contributed by atoms with Crippen LogP contribution >= 0.6 is 0 Å². The van der Waals surface area contributed by atoms with Crippen LogP contribution in [-0.2, 0) is 32.5 Å². The summed E-state index contributed by atoms with van der Waals surface area (Å²) in [5, 5.41) is 0. The van der Waals surface area contributed by atoms with E-state index in [0.29, 0.717) is 0 Å². The van der Waals surface area contributed by atoms with Crippen LogP contribution in [0.2, 0.25) is 0 Å². The fraction of sp³-hybridized carbons (Fsp3) is 0.591. The summed E-state index contributed by atoms with van der Waals surface area (Å²) >= 11 is 0. The second-order valence-electron chi connectivity index (χ2n) is 18.2. The molecule has 0 saturated carbocycles. The zero-order chi connectivity index (χ0) is 32.9. The molecule has 0 fully saturated rings. The predicted octanol–water partition coefficient (Wildman–Crippen LogP) is 14.1. The Labute approximate surface area is 277 Å². The fourth-order valence-corrected chi connectivity index (χ4v) is 4.71. The minimum Gasteiger partial charge on any atom is -0.0776 e. The lowest BCUT2D eigenvalue weighted by Crippen LogP contribution is -2.21. The normalized spacial score (nSPS) is 12.4. The van der Waals surface area contributed by atoms with Gasteiger partial charge >= 0.3 is 0 Å². The van der Waals surface area contributed by atoms with E-state index in [1.165, 1.54) is 33.4 Å². The highest BCUT2D eigenvalue weighted by molar-refractivity contribution is 5.37. The van der Waals surface area contributed by atoms with E-state index in [1.807, 2.05) is 0 Å². The zero-order valence-electron chi connectivity index (χ0n) is 30.9. The van der Waals surface area contributed by atoms with Crippen LogP contribution in [0, 0.1) is 0 Å². The van der Waals surface area contributed by atoms with Gasteiger partial charge in [0.15, 0.2) is 0 Å². The Kier molecular flexibility index (Phi) is 15.7. The van der Waals surface area contributed by atoms with Gasteiger partial charge in [-0.3, -0.25) is 0 Å². The molecule has 0 nitrogen and oxygen atoms in total. The van der Waals surface area contributed by atoms with Gasteiger partial charge < -0.3 is 0 Å². The monoisotopic (exact) mass is 603 g/mol. The van der Waals surface area contributed by atoms with E-state index in [2.05, 4.69) is 197 Å². The standard InChI is InChI=1S/3C14H22.2CH4/c1-13(2,3)11-7-9-12(10-8-11)14(4,5)6;1-13(2,3)11-8-7-9-12(10-11)14(4,5)6;1-13(2,3)11-9-7-8-10-12(11)14(4,5)6;;/h3*7-10H,1-6H3;2*1H4. The molecule has 0 amide bonds. The van der Waals surface area contributed by atoms with Gasteiger partial charge in [0.1, 0.15) is 0 Å². The SMILES string of the molecule is C.C.CC(C)(C)c1ccc(C(C)(C)C)cc1.CC(C)(C)c1cccc(C(C)(C)C)c1.CC(C)(C)c1ccccc1C(C)(C)C. The maximum Gasteiger partial charge on any atom is -0.0129 e. The topological polar surface area (TPSA) is 0 Å². The van der Waals surface area contributed by atoms with Gasteiger partial charge in [0, 0.05) is 0 Å². The number of hydrogen-bond donors (Lipinski definition) is 0. The first-order valence-electron chi connectivity index (χ1n) is 16.0. The molecule has 0 saturated heterocycles. The minimum atomic E-state index is 0. The first-order valence-corrected chi connectivity index (χ1v) is 16.0. The van der Waals surface area contributed by atoms with E-state index in [-0.39, 0.29) is 47.3 Å². The second-order valence-corrected chi connectivity index (χ2v) is 18.2. The molecule has 3 rings (SSSR count). The van der Waals surface area contributed by atoms with Crippen molar-refractivity contribution >= 4 is 0 Å². The summed E-state index contributed by atoms with van der Waals surface area (Å²) in [4.78, 5) is 0. The highest BCUT2D eigenvalue weighted by Crippen LogP contribution is 2.33. The van der Waals surface area contributed by atoms with Crippen LogP contribution in [0.1, 0.15) is 173 Å². The van der Waals surface area contributed by atoms with Crippen LogP contribution in [0.3, 0.4) is 0 Å². The molecule has 0 spiro atoms. The molecule has 0 unspecified atom stereocenters. The number of rotatable bonds is 0. The molecule has 0 heterocycles. The van der Waals surface area contributed by atoms with E-state index < -0.39 is 0 Å². The molecule has 0 aliphatic heterocycles. The lowest BCUT2D eigenvalue weighted by atomic mass is 9.75. The Bertz CT molecular complexity index is 1130. The van der Waals surface area contributed by atoms with Gasteiger partial charge in [-0.2, -0.15) is 0 Å². The summed E-state index contributed by atoms with van der Waals surface area (Å²) in [6, 6.07) is 26.7. The van der Waals surface area contributed by atoms with Gasteiger partial charge in [0.25, 0.3) is 0 Å². The molecule has 0 heteroatoms. The largest absolute Gasteiger partial charge is 0.0776 e. The van der Waals surface area contributed by atoms with Crippen molar-refractivity contribution in [2.45, 2.75) is 172 Å². The Morgan fingerprint density at radius 1 is 0.273 bits per heavy atom. The van der Waals surface area contributed by atoms with E-state index in [0.717, 1.165) is 0 Å². The molecule has 0 aliphatic rings. The molecule has 0 aromatic heterocycles. The Morgan fingerprint density at radius 3 is 0.727 bits per heavy atom. The maximum atomic E-state index is 2.33. The summed E-state index contributed by atoms with van der Waals surface area (Å²) in [7, 11) is 0. The molecule has 0 atom stereocenters. The van der Waals surface area contributed by atoms with Gasteiger partial charge in [-0.05, 0) is 65.9 Å². The molecule has 44 heavy (non-hydrogen) atoms. The van der Waals surface area contributed by atoms with Gasteiger partial charge in [-0.25, -0.2) is 0 Å². The average molecular weight is 603 g/mol. The van der Waals surface area contributed by atoms with Gasteiger partial charge in [-0.1, -0.05) is 212 Å². The van der Waals surface area contributed by atoms with Gasteiger partial charge in [0.05, 0.1) is 0 Å². The summed E-state index contributed by atoms with van der Waals surface area (Å²) in [6.07, 6.45) is 0. The quantitative estimate of drug-likeness (QED) is 0.240. The molecule has 3 aromatic carbocycles. The third kappa shape index (κ3) is 14.2. The van der Waals surface area contributed by atoms with Crippen molar-refractivity contribution < 1.29 is 0 Å². The molecule has 0 aliphatic carbocycles. The van der Waals surface area contributed by atoms with Crippen LogP contribution in [0.5, 0.6) is 0 Å². The van der Waals surface area contributed by atoms with Gasteiger partial charge in [0.2, 0.25) is 0 Å². The van der Waals surface area contributed by atoms with E-state index in [9.17, 15) is 0 Å². The Hall–Kier alpha value is -2.34. The van der Waals surface area contributed by atoms with E-state index >= 15 is 0 Å². The molecule has 0 N–H and O–H groups in total. The maximum absolute atomic E-state index is 2.33. The van der Waals surface area contributed by atoms with E-state index in [4.69, 9.17) is 0 Å². The molecule has 250 valence electrons. The Morgan fingerprint density at radius 2 is 0.523 bits per heavy atom. The first-order chi connectivity index (χ1) is 18.6. The van der Waals surface area contributed by atoms with Gasteiger partial charge in [-0.15, -0.1) is 0 Å². The summed E-state index contributed by atoms with van der Waals surface area (Å²) < 4.78 is 0. The highest BCUT2D eigenvalue weighted by atomic mass is 14.3. The lowest BCUT2D eigenvalue weighted by Gasteiger charge is -2.29. The first kappa shape index (κ1) is 43.8. The predicted molar refractivity (Wildman–Crippen MR) is 205 cm³/mol. The van der Waals surface area contributed by atoms with E-state index in [1.54, 1.807) is 0 Å². The van der Waals surface area contributed by atoms with Crippen LogP contribution in [-0.4, -0.2) is 0 Å². The van der Waals surface area contributed by atoms with Crippen molar-refractivity contribution in [3.05, 3.63) is 106 Å². The highest BCUT2D eigenvalue weighted by Gasteiger charge is 2.24. The molecular weight excluding hydrogens is 528 g/mol. The van der Waals surface area contributed by atoms with Crippen molar-refractivity contribution in [1.29, 1.82) is 0 Å². The molecule has 3 aromatic rings. The summed E-state index contributed by atoms with van der Waals surface area (Å²) in [5.74, 6) is 0. The zero-order valence-corrected chi connectivity index (χ0v) is 30.9. The van der Waals surface area contributed by atoms with Crippen LogP contribution in [0.4, 0.5) is 0 Å². The van der Waals surface area contributed by atoms with Crippen LogP contribution < -0.4 is 0 Å². The average Bonchev–Trinajstić information content (AvgIpc) is 2.82. The lowest BCUT2D eigenvalue weighted by molar-refractivity contribution is 0.530. The molecule has 0 bridgehead atoms. The summed E-state index contributed by atoms with van der Waals surface area (Å²) in [6.45, 7) is 40.7. The smallest absolute Gasteiger partial charge is 0.0129 e. The summed E-state index contributed by atoms with van der Waals surface area (Å²) in [5.41, 5.74) is 10.1. The minimum absolute atomic E-state index is 0. The van der Waals surface area contributed by atoms with Crippen LogP contribution in [0.15, 0.2) is 72.8 Å². The van der Waals surface area contributed by atoms with Crippen molar-refractivity contribution in [2.75, 3.05) is 0 Å². The van der Waals surface area contributed by atoms with Crippen molar-refractivity contribution in [1.82, 2.24) is 0 Å². The van der Waals surface area contributed by atoms with Crippen molar-refractivity contribution in [3.8, 4) is 0 Å². The third-order valence-electron chi connectivity index (χ3n) is 7.75.